The highest BCUT2D eigenvalue weighted by Crippen LogP contribution is 2.59. The number of carbonyl (C=O) groups is 1. The average Bonchev–Trinajstić information content (AvgIpc) is 2.63. The van der Waals surface area contributed by atoms with Gasteiger partial charge in [0.1, 0.15) is 5.54 Å². The van der Waals surface area contributed by atoms with Gasteiger partial charge in [0.2, 0.25) is 15.9 Å². The molecule has 6 nitrogen and oxygen atoms in total. The number of carbonyl (C=O) groups excluding carboxylic acids is 1. The number of sulfonamides is 1. The molecule has 1 aromatic carbocycles. The second kappa shape index (κ2) is 7.32. The molecule has 2 unspecified atom stereocenters. The zero-order chi connectivity index (χ0) is 21.0. The average molecular weight is 485 g/mol. The molecule has 4 fully saturated rings. The van der Waals surface area contributed by atoms with Gasteiger partial charge in [-0.05, 0) is 97.2 Å². The third kappa shape index (κ3) is 3.89. The smallest absolute Gasteiger partial charge is 0.242 e. The number of rotatable bonds is 6. The Morgan fingerprint density at radius 3 is 2.41 bits per heavy atom. The van der Waals surface area contributed by atoms with E-state index in [9.17, 15) is 18.3 Å². The Labute approximate surface area is 181 Å². The van der Waals surface area contributed by atoms with Crippen LogP contribution in [0.15, 0.2) is 33.6 Å². The van der Waals surface area contributed by atoms with Crippen molar-refractivity contribution >= 4 is 31.9 Å². The van der Waals surface area contributed by atoms with Crippen molar-refractivity contribution in [3.8, 4) is 0 Å². The zero-order valence-corrected chi connectivity index (χ0v) is 19.2. The van der Waals surface area contributed by atoms with Crippen LogP contribution in [-0.4, -0.2) is 37.6 Å². The summed E-state index contributed by atoms with van der Waals surface area (Å²) in [6.07, 6.45) is 5.18. The van der Waals surface area contributed by atoms with E-state index >= 15 is 0 Å². The van der Waals surface area contributed by atoms with Crippen molar-refractivity contribution in [3.05, 3.63) is 28.7 Å². The molecule has 4 aliphatic carbocycles. The van der Waals surface area contributed by atoms with Crippen molar-refractivity contribution in [1.29, 1.82) is 0 Å². The van der Waals surface area contributed by atoms with Gasteiger partial charge in [0.05, 0.1) is 4.90 Å². The second-order valence-electron chi connectivity index (χ2n) is 9.79. The molecule has 4 bridgehead atoms. The molecule has 3 N–H and O–H groups in total. The van der Waals surface area contributed by atoms with Crippen LogP contribution in [0.25, 0.3) is 0 Å². The van der Waals surface area contributed by atoms with Gasteiger partial charge < -0.3 is 10.4 Å². The zero-order valence-electron chi connectivity index (χ0n) is 16.8. The first-order chi connectivity index (χ1) is 13.6. The van der Waals surface area contributed by atoms with Gasteiger partial charge in [-0.25, -0.2) is 8.42 Å². The number of hydrogen-bond donors (Lipinski definition) is 3. The summed E-state index contributed by atoms with van der Waals surface area (Å²) >= 11 is 3.27. The van der Waals surface area contributed by atoms with Crippen molar-refractivity contribution in [3.63, 3.8) is 0 Å². The molecule has 0 saturated heterocycles. The van der Waals surface area contributed by atoms with Gasteiger partial charge in [0.15, 0.2) is 0 Å². The van der Waals surface area contributed by atoms with Gasteiger partial charge in [0, 0.05) is 17.1 Å². The summed E-state index contributed by atoms with van der Waals surface area (Å²) < 4.78 is 28.7. The Balaban J connectivity index is 1.48. The van der Waals surface area contributed by atoms with Crippen LogP contribution >= 0.6 is 15.9 Å². The molecule has 0 spiro atoms. The fourth-order valence-corrected chi connectivity index (χ4v) is 8.43. The van der Waals surface area contributed by atoms with E-state index in [1.807, 2.05) is 0 Å². The lowest BCUT2D eigenvalue weighted by atomic mass is 9.48. The van der Waals surface area contributed by atoms with E-state index < -0.39 is 15.6 Å². The lowest BCUT2D eigenvalue weighted by molar-refractivity contribution is -0.134. The third-order valence-corrected chi connectivity index (χ3v) is 9.78. The quantitative estimate of drug-likeness (QED) is 0.578. The summed E-state index contributed by atoms with van der Waals surface area (Å²) in [4.78, 5) is 13.2. The summed E-state index contributed by atoms with van der Waals surface area (Å²) in [5, 5.41) is 13.1. The van der Waals surface area contributed by atoms with Crippen LogP contribution in [0.1, 0.15) is 46.0 Å². The minimum absolute atomic E-state index is 0.0361. The summed E-state index contributed by atoms with van der Waals surface area (Å²) in [6.45, 7) is 3.43. The highest BCUT2D eigenvalue weighted by Gasteiger charge is 2.55. The summed E-state index contributed by atoms with van der Waals surface area (Å²) in [5.74, 6) is 1.08. The maximum absolute atomic E-state index is 13.1. The SMILES string of the molecule is CC(C)(NS(=O)(=O)c1ccccc1Br)C(=O)NC1C2CC3CC1CC(CO)(C3)C2. The Bertz CT molecular complexity index is 901. The van der Waals surface area contributed by atoms with Crippen molar-refractivity contribution < 1.29 is 18.3 Å². The molecule has 0 aliphatic heterocycles. The second-order valence-corrected chi connectivity index (χ2v) is 12.3. The van der Waals surface area contributed by atoms with Crippen molar-refractivity contribution in [2.75, 3.05) is 6.61 Å². The van der Waals surface area contributed by atoms with Gasteiger partial charge in [0.25, 0.3) is 0 Å². The standard InChI is InChI=1S/C21H29BrN2O4S/c1-20(2,24-29(27,28)17-6-4-3-5-16(17)22)19(26)23-18-14-7-13-8-15(18)11-21(9-13,10-14)12-25/h3-6,13-15,18,24-25H,7-12H2,1-2H3,(H,23,26). The summed E-state index contributed by atoms with van der Waals surface area (Å²) in [7, 11) is -3.86. The molecule has 160 valence electrons. The molecule has 29 heavy (non-hydrogen) atoms. The first-order valence-corrected chi connectivity index (χ1v) is 12.5. The summed E-state index contributed by atoms with van der Waals surface area (Å²) in [5.41, 5.74) is -1.24. The first kappa shape index (κ1) is 21.3. The van der Waals surface area contributed by atoms with E-state index in [0.29, 0.717) is 22.2 Å². The molecular formula is C21H29BrN2O4S. The Kier molecular flexibility index (Phi) is 5.37. The van der Waals surface area contributed by atoms with Gasteiger partial charge in [-0.3, -0.25) is 4.79 Å². The maximum Gasteiger partial charge on any atom is 0.242 e. The number of nitrogens with one attached hydrogen (secondary N) is 2. The monoisotopic (exact) mass is 484 g/mol. The number of aliphatic hydroxyl groups excluding tert-OH is 1. The topological polar surface area (TPSA) is 95.5 Å². The molecule has 4 saturated carbocycles. The van der Waals surface area contributed by atoms with Gasteiger partial charge >= 0.3 is 0 Å². The van der Waals surface area contributed by atoms with Crippen molar-refractivity contribution in [2.45, 2.75) is 62.4 Å². The molecule has 4 aliphatic rings. The number of amides is 1. The predicted molar refractivity (Wildman–Crippen MR) is 114 cm³/mol. The Morgan fingerprint density at radius 1 is 1.21 bits per heavy atom. The molecule has 5 rings (SSSR count). The molecule has 1 amide bonds. The van der Waals surface area contributed by atoms with E-state index in [1.165, 1.54) is 6.07 Å². The van der Waals surface area contributed by atoms with E-state index in [2.05, 4.69) is 26.0 Å². The van der Waals surface area contributed by atoms with E-state index in [4.69, 9.17) is 0 Å². The van der Waals surface area contributed by atoms with E-state index in [-0.39, 0.29) is 28.9 Å². The predicted octanol–water partition coefficient (Wildman–Crippen LogP) is 2.81. The van der Waals surface area contributed by atoms with Crippen LogP contribution in [0.4, 0.5) is 0 Å². The minimum atomic E-state index is -3.86. The Hall–Kier alpha value is -0.960. The van der Waals surface area contributed by atoms with Crippen LogP contribution in [0.3, 0.4) is 0 Å². The fourth-order valence-electron chi connectivity index (χ4n) is 6.05. The number of benzene rings is 1. The van der Waals surface area contributed by atoms with Crippen molar-refractivity contribution in [1.82, 2.24) is 10.0 Å². The number of halogens is 1. The molecule has 8 heteroatoms. The third-order valence-electron chi connectivity index (χ3n) is 7.12. The lowest BCUT2D eigenvalue weighted by Crippen LogP contribution is -2.64. The molecule has 2 atom stereocenters. The van der Waals surface area contributed by atoms with Crippen LogP contribution in [0, 0.1) is 23.2 Å². The van der Waals surface area contributed by atoms with Gasteiger partial charge in [-0.1, -0.05) is 12.1 Å². The van der Waals surface area contributed by atoms with Crippen molar-refractivity contribution in [2.24, 2.45) is 23.2 Å². The first-order valence-electron chi connectivity index (χ1n) is 10.3. The van der Waals surface area contributed by atoms with Crippen LogP contribution in [0.2, 0.25) is 0 Å². The van der Waals surface area contributed by atoms with E-state index in [0.717, 1.165) is 32.1 Å². The Morgan fingerprint density at radius 2 is 1.83 bits per heavy atom. The summed E-state index contributed by atoms with van der Waals surface area (Å²) in [6, 6.07) is 6.62. The maximum atomic E-state index is 13.1. The van der Waals surface area contributed by atoms with Gasteiger partial charge in [-0.15, -0.1) is 0 Å². The fraction of sp³-hybridized carbons (Fsp3) is 0.667. The minimum Gasteiger partial charge on any atom is -0.396 e. The van der Waals surface area contributed by atoms with Crippen LogP contribution < -0.4 is 10.0 Å². The van der Waals surface area contributed by atoms with E-state index in [1.54, 1.807) is 32.0 Å². The lowest BCUT2D eigenvalue weighted by Gasteiger charge is -2.59. The van der Waals surface area contributed by atoms with Crippen LogP contribution in [0.5, 0.6) is 0 Å². The molecule has 0 aromatic heterocycles. The normalized spacial score (nSPS) is 33.7. The molecule has 0 heterocycles. The molecule has 1 aromatic rings. The van der Waals surface area contributed by atoms with Gasteiger partial charge in [-0.2, -0.15) is 4.72 Å². The number of hydrogen-bond acceptors (Lipinski definition) is 4. The highest BCUT2D eigenvalue weighted by molar-refractivity contribution is 9.10. The highest BCUT2D eigenvalue weighted by atomic mass is 79.9. The largest absolute Gasteiger partial charge is 0.396 e. The number of aliphatic hydroxyl groups is 1. The molecule has 0 radical (unpaired) electrons. The molecular weight excluding hydrogens is 456 g/mol. The van der Waals surface area contributed by atoms with Crippen LogP contribution in [-0.2, 0) is 14.8 Å².